The molecule has 0 saturated carbocycles. The molecule has 134 valence electrons. The van der Waals surface area contributed by atoms with Crippen molar-refractivity contribution in [3.8, 4) is 11.3 Å². The first kappa shape index (κ1) is 16.8. The molecule has 0 spiro atoms. The highest BCUT2D eigenvalue weighted by atomic mass is 16.1. The molecule has 0 unspecified atom stereocenters. The molecular formula is C20H23N5O. The largest absolute Gasteiger partial charge is 0.298 e. The number of aryl methyl sites for hydroxylation is 1. The van der Waals surface area contributed by atoms with Gasteiger partial charge in [-0.2, -0.15) is 5.10 Å². The van der Waals surface area contributed by atoms with Crippen LogP contribution < -0.4 is 0 Å². The Bertz CT molecular complexity index is 967. The molecule has 0 radical (unpaired) electrons. The van der Waals surface area contributed by atoms with E-state index < -0.39 is 0 Å². The summed E-state index contributed by atoms with van der Waals surface area (Å²) in [6.07, 6.45) is 5.89. The van der Waals surface area contributed by atoms with Crippen molar-refractivity contribution in [3.63, 3.8) is 0 Å². The summed E-state index contributed by atoms with van der Waals surface area (Å²) in [5.74, 6) is 0.204. The summed E-state index contributed by atoms with van der Waals surface area (Å²) in [6.45, 7) is 6.93. The lowest BCUT2D eigenvalue weighted by Crippen LogP contribution is -2.54. The maximum absolute atomic E-state index is 12.3. The van der Waals surface area contributed by atoms with Crippen molar-refractivity contribution in [2.75, 3.05) is 19.6 Å². The van der Waals surface area contributed by atoms with Crippen LogP contribution >= 0.6 is 0 Å². The van der Waals surface area contributed by atoms with Crippen LogP contribution in [0.1, 0.15) is 19.5 Å². The van der Waals surface area contributed by atoms with Gasteiger partial charge in [-0.15, -0.1) is 0 Å². The molecule has 6 heteroatoms. The number of carbonyl (C=O) groups excluding carboxylic acids is 1. The fourth-order valence-corrected chi connectivity index (χ4v) is 3.65. The number of hydrogen-bond donors (Lipinski definition) is 0. The zero-order chi connectivity index (χ0) is 18.3. The van der Waals surface area contributed by atoms with E-state index in [2.05, 4.69) is 28.8 Å². The second-order valence-corrected chi connectivity index (χ2v) is 7.99. The molecule has 0 atom stereocenters. The fraction of sp³-hybridized carbons (Fsp3) is 0.400. The Morgan fingerprint density at radius 2 is 2.04 bits per heavy atom. The maximum Gasteiger partial charge on any atom is 0.152 e. The van der Waals surface area contributed by atoms with Crippen molar-refractivity contribution in [1.82, 2.24) is 24.6 Å². The van der Waals surface area contributed by atoms with Crippen LogP contribution in [0.2, 0.25) is 0 Å². The molecule has 0 aliphatic carbocycles. The predicted molar refractivity (Wildman–Crippen MR) is 101 cm³/mol. The summed E-state index contributed by atoms with van der Waals surface area (Å²) in [4.78, 5) is 23.7. The molecule has 1 fully saturated rings. The van der Waals surface area contributed by atoms with Crippen molar-refractivity contribution in [2.45, 2.75) is 20.3 Å². The van der Waals surface area contributed by atoms with E-state index in [1.807, 2.05) is 31.4 Å². The van der Waals surface area contributed by atoms with E-state index in [0.29, 0.717) is 18.4 Å². The Balaban J connectivity index is 1.50. The van der Waals surface area contributed by atoms with Gasteiger partial charge in [0.05, 0.1) is 30.4 Å². The van der Waals surface area contributed by atoms with Gasteiger partial charge in [-0.05, 0) is 23.6 Å². The first-order valence-corrected chi connectivity index (χ1v) is 8.87. The van der Waals surface area contributed by atoms with E-state index in [1.54, 1.807) is 17.1 Å². The molecule has 26 heavy (non-hydrogen) atoms. The van der Waals surface area contributed by atoms with Crippen LogP contribution in [0.5, 0.6) is 0 Å². The van der Waals surface area contributed by atoms with E-state index in [-0.39, 0.29) is 5.78 Å². The van der Waals surface area contributed by atoms with Crippen LogP contribution in [0.3, 0.4) is 0 Å². The lowest BCUT2D eigenvalue weighted by Gasteiger charge is -2.45. The molecule has 3 aromatic heterocycles. The minimum absolute atomic E-state index is 0.204. The van der Waals surface area contributed by atoms with E-state index in [4.69, 9.17) is 4.98 Å². The van der Waals surface area contributed by atoms with Gasteiger partial charge in [0, 0.05) is 49.2 Å². The number of fused-ring (bicyclic) bond motifs is 1. The fourth-order valence-electron chi connectivity index (χ4n) is 3.65. The predicted octanol–water partition coefficient (Wildman–Crippen LogP) is 2.48. The Morgan fingerprint density at radius 1 is 1.23 bits per heavy atom. The topological polar surface area (TPSA) is 63.9 Å². The molecule has 0 aromatic carbocycles. The number of pyridine rings is 2. The molecule has 1 aliphatic heterocycles. The molecule has 3 aromatic rings. The smallest absolute Gasteiger partial charge is 0.152 e. The molecule has 4 rings (SSSR count). The number of ketones is 1. The molecule has 6 nitrogen and oxygen atoms in total. The Hall–Kier alpha value is -2.60. The van der Waals surface area contributed by atoms with Crippen LogP contribution in [0.4, 0.5) is 0 Å². The van der Waals surface area contributed by atoms with Gasteiger partial charge in [-0.1, -0.05) is 13.8 Å². The highest BCUT2D eigenvalue weighted by molar-refractivity contribution is 5.85. The molecule has 4 heterocycles. The molecule has 1 saturated heterocycles. The van der Waals surface area contributed by atoms with Gasteiger partial charge >= 0.3 is 0 Å². The van der Waals surface area contributed by atoms with Gasteiger partial charge in [0.2, 0.25) is 0 Å². The summed E-state index contributed by atoms with van der Waals surface area (Å²) < 4.78 is 1.76. The summed E-state index contributed by atoms with van der Waals surface area (Å²) in [5, 5.41) is 5.17. The number of likely N-dealkylation sites (tertiary alicyclic amines) is 1. The lowest BCUT2D eigenvalue weighted by atomic mass is 9.84. The third-order valence-corrected chi connectivity index (χ3v) is 4.71. The lowest BCUT2D eigenvalue weighted by molar-refractivity contribution is -0.122. The van der Waals surface area contributed by atoms with Crippen molar-refractivity contribution >= 4 is 16.7 Å². The molecule has 0 bridgehead atoms. The van der Waals surface area contributed by atoms with E-state index >= 15 is 0 Å². The van der Waals surface area contributed by atoms with Gasteiger partial charge in [-0.25, -0.2) is 4.98 Å². The average molecular weight is 349 g/mol. The van der Waals surface area contributed by atoms with Gasteiger partial charge < -0.3 is 0 Å². The normalized spacial score (nSPS) is 16.6. The van der Waals surface area contributed by atoms with Crippen molar-refractivity contribution < 1.29 is 4.79 Å². The Kier molecular flexibility index (Phi) is 4.07. The third-order valence-electron chi connectivity index (χ3n) is 4.71. The van der Waals surface area contributed by atoms with E-state index in [1.165, 1.54) is 0 Å². The van der Waals surface area contributed by atoms with Crippen LogP contribution in [-0.2, 0) is 18.3 Å². The molecule has 1 aliphatic rings. The number of aromatic nitrogens is 4. The second kappa shape index (κ2) is 6.29. The van der Waals surface area contributed by atoms with Crippen LogP contribution in [0, 0.1) is 5.41 Å². The summed E-state index contributed by atoms with van der Waals surface area (Å²) >= 11 is 0. The highest BCUT2D eigenvalue weighted by Gasteiger charge is 2.34. The Labute approximate surface area is 152 Å². The zero-order valence-electron chi connectivity index (χ0n) is 15.4. The Morgan fingerprint density at radius 3 is 2.73 bits per heavy atom. The summed E-state index contributed by atoms with van der Waals surface area (Å²) in [7, 11) is 1.89. The number of hydrogen-bond acceptors (Lipinski definition) is 5. The minimum Gasteiger partial charge on any atom is -0.298 e. The zero-order valence-corrected chi connectivity index (χ0v) is 15.4. The monoisotopic (exact) mass is 349 g/mol. The van der Waals surface area contributed by atoms with Crippen molar-refractivity contribution in [1.29, 1.82) is 0 Å². The second-order valence-electron chi connectivity index (χ2n) is 7.99. The number of rotatable bonds is 5. The minimum atomic E-state index is 0.204. The van der Waals surface area contributed by atoms with Gasteiger partial charge in [0.25, 0.3) is 0 Å². The maximum atomic E-state index is 12.3. The first-order chi connectivity index (χ1) is 12.4. The van der Waals surface area contributed by atoms with Crippen LogP contribution in [0.25, 0.3) is 22.2 Å². The van der Waals surface area contributed by atoms with Gasteiger partial charge in [0.15, 0.2) is 5.78 Å². The first-order valence-electron chi connectivity index (χ1n) is 8.87. The molecule has 0 N–H and O–H groups in total. The third kappa shape index (κ3) is 3.51. The number of Topliss-reactive ketones (excluding diaryl/α,β-unsaturated/α-hetero) is 1. The van der Waals surface area contributed by atoms with Crippen LogP contribution in [-0.4, -0.2) is 50.1 Å². The van der Waals surface area contributed by atoms with Gasteiger partial charge in [0.1, 0.15) is 0 Å². The van der Waals surface area contributed by atoms with Gasteiger partial charge in [-0.3, -0.25) is 19.4 Å². The molecular weight excluding hydrogens is 326 g/mol. The summed E-state index contributed by atoms with van der Waals surface area (Å²) in [5.41, 5.74) is 3.82. The molecule has 0 amide bonds. The van der Waals surface area contributed by atoms with Crippen LogP contribution in [0.15, 0.2) is 36.8 Å². The van der Waals surface area contributed by atoms with Crippen molar-refractivity contribution in [2.24, 2.45) is 12.5 Å². The van der Waals surface area contributed by atoms with Crippen molar-refractivity contribution in [3.05, 3.63) is 42.5 Å². The highest BCUT2D eigenvalue weighted by Crippen LogP contribution is 2.28. The average Bonchev–Trinajstić information content (AvgIpc) is 2.99. The SMILES string of the molecule is Cn1cc(-c2ccc3cnc(CC(=O)CN4CC(C)(C)C4)cc3n2)cn1. The quantitative estimate of drug-likeness (QED) is 0.708. The summed E-state index contributed by atoms with van der Waals surface area (Å²) in [6, 6.07) is 5.90. The number of nitrogens with zero attached hydrogens (tertiary/aromatic N) is 5. The van der Waals surface area contributed by atoms with E-state index in [0.717, 1.165) is 40.9 Å². The van der Waals surface area contributed by atoms with E-state index in [9.17, 15) is 4.79 Å². The number of carbonyl (C=O) groups is 1. The standard InChI is InChI=1S/C20H23N5O/c1-20(2)12-25(13-20)11-17(26)6-16-7-19-14(8-21-16)4-5-18(23-19)15-9-22-24(3)10-15/h4-5,7-10H,6,11-13H2,1-3H3.